The minimum atomic E-state index is 0.314. The number of hydrogen-bond acceptors (Lipinski definition) is 8. The molecule has 1 N–H and O–H groups in total. The van der Waals surface area contributed by atoms with Gasteiger partial charge >= 0.3 is 0 Å². The lowest BCUT2D eigenvalue weighted by molar-refractivity contribution is 1.03. The predicted octanol–water partition coefficient (Wildman–Crippen LogP) is 8.48. The van der Waals surface area contributed by atoms with E-state index in [1.165, 1.54) is 0 Å². The van der Waals surface area contributed by atoms with Gasteiger partial charge in [-0.25, -0.2) is 39.9 Å². The predicted molar refractivity (Wildman–Crippen MR) is 191 cm³/mol. The topological polar surface area (TPSA) is 119 Å². The first kappa shape index (κ1) is 28.2. The van der Waals surface area contributed by atoms with Crippen LogP contribution in [0.5, 0.6) is 0 Å². The fraction of sp³-hybridized carbons (Fsp3) is 0. The van der Waals surface area contributed by atoms with E-state index in [0.29, 0.717) is 52.1 Å². The highest BCUT2D eigenvalue weighted by atomic mass is 15.1. The molecule has 9 rings (SSSR count). The van der Waals surface area contributed by atoms with Crippen molar-refractivity contribution in [1.29, 1.82) is 0 Å². The number of nitrogens with one attached hydrogen (secondary N) is 1. The van der Waals surface area contributed by atoms with E-state index >= 15 is 0 Å². The van der Waals surface area contributed by atoms with E-state index in [4.69, 9.17) is 39.9 Å². The SMILES string of the molecule is c1ccc(-c2nc(-c3ccccc3)nc(-c3nc(-c4nc(-c5ccccc5)nc(-c5ccccc5)n4)c4c(n3)[nH]c3ccccc34)n2)cc1. The van der Waals surface area contributed by atoms with Crippen LogP contribution in [-0.4, -0.2) is 44.9 Å². The molecule has 0 aliphatic rings. The zero-order valence-corrected chi connectivity index (χ0v) is 25.9. The number of aromatic nitrogens is 9. The molecule has 49 heavy (non-hydrogen) atoms. The van der Waals surface area contributed by atoms with E-state index in [1.54, 1.807) is 0 Å². The van der Waals surface area contributed by atoms with Gasteiger partial charge in [0, 0.05) is 33.2 Å². The Bertz CT molecular complexity index is 2470. The summed E-state index contributed by atoms with van der Waals surface area (Å²) >= 11 is 0. The lowest BCUT2D eigenvalue weighted by atomic mass is 10.1. The van der Waals surface area contributed by atoms with Crippen LogP contribution in [0, 0.1) is 0 Å². The molecule has 9 nitrogen and oxygen atoms in total. The molecule has 9 heteroatoms. The first-order valence-corrected chi connectivity index (χ1v) is 15.8. The van der Waals surface area contributed by atoms with Crippen molar-refractivity contribution in [3.8, 4) is 68.7 Å². The van der Waals surface area contributed by atoms with Crippen molar-refractivity contribution in [2.75, 3.05) is 0 Å². The molecule has 0 bridgehead atoms. The van der Waals surface area contributed by atoms with Gasteiger partial charge < -0.3 is 4.98 Å². The van der Waals surface area contributed by atoms with Crippen LogP contribution in [0.1, 0.15) is 0 Å². The molecule has 0 aliphatic carbocycles. The van der Waals surface area contributed by atoms with Gasteiger partial charge in [-0.1, -0.05) is 140 Å². The van der Waals surface area contributed by atoms with Crippen LogP contribution in [0.15, 0.2) is 146 Å². The molecule has 4 heterocycles. The Hall–Kier alpha value is -7.00. The van der Waals surface area contributed by atoms with Gasteiger partial charge in [-0.05, 0) is 6.07 Å². The number of aromatic amines is 1. The molecular weight excluding hydrogens is 607 g/mol. The van der Waals surface area contributed by atoms with Gasteiger partial charge in [0.25, 0.3) is 0 Å². The van der Waals surface area contributed by atoms with E-state index in [-0.39, 0.29) is 0 Å². The summed E-state index contributed by atoms with van der Waals surface area (Å²) < 4.78 is 0. The first-order valence-electron chi connectivity index (χ1n) is 15.8. The Labute approximate surface area is 280 Å². The number of hydrogen-bond donors (Lipinski definition) is 1. The van der Waals surface area contributed by atoms with Gasteiger partial charge in [0.1, 0.15) is 11.3 Å². The summed E-state index contributed by atoms with van der Waals surface area (Å²) in [4.78, 5) is 43.3. The average molecular weight is 632 g/mol. The van der Waals surface area contributed by atoms with Crippen LogP contribution in [0.4, 0.5) is 0 Å². The third-order valence-electron chi connectivity index (χ3n) is 8.17. The van der Waals surface area contributed by atoms with Crippen LogP contribution in [0.25, 0.3) is 90.7 Å². The van der Waals surface area contributed by atoms with Gasteiger partial charge in [0.15, 0.2) is 29.1 Å². The molecule has 0 fully saturated rings. The van der Waals surface area contributed by atoms with E-state index in [2.05, 4.69) is 4.98 Å². The maximum atomic E-state index is 5.17. The average Bonchev–Trinajstić information content (AvgIpc) is 3.57. The quantitative estimate of drug-likeness (QED) is 0.194. The van der Waals surface area contributed by atoms with E-state index in [9.17, 15) is 0 Å². The zero-order valence-electron chi connectivity index (χ0n) is 25.9. The minimum Gasteiger partial charge on any atom is -0.339 e. The van der Waals surface area contributed by atoms with Crippen molar-refractivity contribution < 1.29 is 0 Å². The maximum absolute atomic E-state index is 5.17. The summed E-state index contributed by atoms with van der Waals surface area (Å²) in [5.41, 5.74) is 5.51. The summed E-state index contributed by atoms with van der Waals surface area (Å²) in [5.74, 6) is 3.16. The van der Waals surface area contributed by atoms with Crippen molar-refractivity contribution >= 4 is 21.9 Å². The number of para-hydroxylation sites is 1. The summed E-state index contributed by atoms with van der Waals surface area (Å²) in [6, 6.07) is 47.5. The number of H-pyrrole nitrogens is 1. The first-order chi connectivity index (χ1) is 24.3. The van der Waals surface area contributed by atoms with Gasteiger partial charge in [0.05, 0.1) is 5.39 Å². The molecule has 5 aromatic carbocycles. The standard InChI is InChI=1S/C40H25N9/c1-5-15-25(16-6-1)33-43-34(26-17-7-2-8-18-26)46-38(45-33)32-31-29-23-13-14-24-30(29)41-37(31)49-39(42-32)40-47-35(27-19-9-3-10-20-27)44-36(48-40)28-21-11-4-12-22-28/h1-24H,(H,41,42,49). The van der Waals surface area contributed by atoms with E-state index < -0.39 is 0 Å². The molecule has 0 spiro atoms. The highest BCUT2D eigenvalue weighted by molar-refractivity contribution is 6.11. The lowest BCUT2D eigenvalue weighted by Crippen LogP contribution is -2.05. The Kier molecular flexibility index (Phi) is 6.90. The van der Waals surface area contributed by atoms with Crippen molar-refractivity contribution in [3.63, 3.8) is 0 Å². The molecule has 0 unspecified atom stereocenters. The van der Waals surface area contributed by atoms with E-state index in [0.717, 1.165) is 38.5 Å². The molecule has 0 saturated carbocycles. The molecule has 230 valence electrons. The number of rotatable bonds is 6. The molecule has 4 aromatic heterocycles. The Morgan fingerprint density at radius 3 is 1.14 bits per heavy atom. The minimum absolute atomic E-state index is 0.314. The van der Waals surface area contributed by atoms with Gasteiger partial charge in [-0.3, -0.25) is 0 Å². The molecular formula is C40H25N9. The van der Waals surface area contributed by atoms with Crippen LogP contribution in [0.3, 0.4) is 0 Å². The van der Waals surface area contributed by atoms with Crippen molar-refractivity contribution in [1.82, 2.24) is 44.9 Å². The fourth-order valence-corrected chi connectivity index (χ4v) is 5.83. The highest BCUT2D eigenvalue weighted by Crippen LogP contribution is 2.34. The van der Waals surface area contributed by atoms with Crippen molar-refractivity contribution in [3.05, 3.63) is 146 Å². The zero-order chi connectivity index (χ0) is 32.6. The Morgan fingerprint density at radius 1 is 0.306 bits per heavy atom. The Balaban J connectivity index is 1.33. The summed E-state index contributed by atoms with van der Waals surface area (Å²) in [6.07, 6.45) is 0. The monoisotopic (exact) mass is 631 g/mol. The molecule has 0 radical (unpaired) electrons. The van der Waals surface area contributed by atoms with E-state index in [1.807, 2.05) is 146 Å². The second-order valence-electron chi connectivity index (χ2n) is 11.4. The third kappa shape index (κ3) is 5.35. The van der Waals surface area contributed by atoms with Crippen LogP contribution < -0.4 is 0 Å². The summed E-state index contributed by atoms with van der Waals surface area (Å²) in [6.45, 7) is 0. The van der Waals surface area contributed by atoms with Crippen molar-refractivity contribution in [2.45, 2.75) is 0 Å². The van der Waals surface area contributed by atoms with Crippen LogP contribution in [0.2, 0.25) is 0 Å². The smallest absolute Gasteiger partial charge is 0.201 e. The third-order valence-corrected chi connectivity index (χ3v) is 8.17. The molecule has 9 aromatic rings. The van der Waals surface area contributed by atoms with Gasteiger partial charge in [0.2, 0.25) is 11.6 Å². The van der Waals surface area contributed by atoms with Crippen molar-refractivity contribution in [2.24, 2.45) is 0 Å². The largest absolute Gasteiger partial charge is 0.339 e. The highest BCUT2D eigenvalue weighted by Gasteiger charge is 2.22. The molecule has 0 saturated heterocycles. The number of benzene rings is 5. The maximum Gasteiger partial charge on any atom is 0.201 e. The fourth-order valence-electron chi connectivity index (χ4n) is 5.83. The second-order valence-corrected chi connectivity index (χ2v) is 11.4. The molecule has 0 atom stereocenters. The molecule has 0 amide bonds. The number of fused-ring (bicyclic) bond motifs is 3. The second kappa shape index (κ2) is 12.0. The number of nitrogens with zero attached hydrogens (tertiary/aromatic N) is 8. The molecule has 0 aliphatic heterocycles. The Morgan fingerprint density at radius 2 is 0.673 bits per heavy atom. The lowest BCUT2D eigenvalue weighted by Gasteiger charge is -2.11. The summed E-state index contributed by atoms with van der Waals surface area (Å²) in [7, 11) is 0. The normalized spacial score (nSPS) is 11.3. The van der Waals surface area contributed by atoms with Crippen LogP contribution in [-0.2, 0) is 0 Å². The van der Waals surface area contributed by atoms with Gasteiger partial charge in [-0.15, -0.1) is 0 Å². The summed E-state index contributed by atoms with van der Waals surface area (Å²) in [5, 5.41) is 1.75. The van der Waals surface area contributed by atoms with Gasteiger partial charge in [-0.2, -0.15) is 0 Å². The van der Waals surface area contributed by atoms with Crippen LogP contribution >= 0.6 is 0 Å².